The second-order valence-electron chi connectivity index (χ2n) is 3.59. The summed E-state index contributed by atoms with van der Waals surface area (Å²) in [6.07, 6.45) is 5.36. The highest BCUT2D eigenvalue weighted by Gasteiger charge is 2.07. The van der Waals surface area contributed by atoms with E-state index in [0.29, 0.717) is 12.2 Å². The van der Waals surface area contributed by atoms with Gasteiger partial charge in [-0.1, -0.05) is 13.3 Å². The molecule has 0 fully saturated rings. The maximum atomic E-state index is 8.97. The molecule has 0 saturated heterocycles. The van der Waals surface area contributed by atoms with Crippen LogP contribution in [0.1, 0.15) is 25.5 Å². The molecule has 0 unspecified atom stereocenters. The van der Waals surface area contributed by atoms with E-state index in [4.69, 9.17) is 10.2 Å². The zero-order chi connectivity index (χ0) is 11.8. The lowest BCUT2D eigenvalue weighted by atomic mass is 10.3. The van der Waals surface area contributed by atoms with Gasteiger partial charge in [-0.3, -0.25) is 4.98 Å². The van der Waals surface area contributed by atoms with Gasteiger partial charge in [0, 0.05) is 13.1 Å². The van der Waals surface area contributed by atoms with Crippen LogP contribution in [0, 0.1) is 0 Å². The molecule has 0 spiro atoms. The molecule has 0 aliphatic rings. The first-order valence-corrected chi connectivity index (χ1v) is 5.59. The molecule has 1 aromatic rings. The average Bonchev–Trinajstić information content (AvgIpc) is 2.35. The molecule has 0 saturated carbocycles. The standard InChI is InChI=1S/C11H19N3O2/c1-2-3-4-14(5-6-15)11-8-12-10(9-16)7-13-11/h7-8,15-16H,2-6,9H2,1H3. The number of hydrogen-bond acceptors (Lipinski definition) is 5. The summed E-state index contributed by atoms with van der Waals surface area (Å²) in [5.41, 5.74) is 0.559. The van der Waals surface area contributed by atoms with Crippen molar-refractivity contribution in [1.82, 2.24) is 9.97 Å². The van der Waals surface area contributed by atoms with Gasteiger partial charge in [0.1, 0.15) is 5.82 Å². The number of aliphatic hydroxyl groups is 2. The van der Waals surface area contributed by atoms with Gasteiger partial charge >= 0.3 is 0 Å². The molecular weight excluding hydrogens is 206 g/mol. The van der Waals surface area contributed by atoms with Gasteiger partial charge in [-0.25, -0.2) is 4.98 Å². The van der Waals surface area contributed by atoms with Crippen LogP contribution >= 0.6 is 0 Å². The van der Waals surface area contributed by atoms with Gasteiger partial charge in [-0.15, -0.1) is 0 Å². The van der Waals surface area contributed by atoms with Gasteiger partial charge in [0.05, 0.1) is 31.3 Å². The number of aromatic nitrogens is 2. The van der Waals surface area contributed by atoms with Crippen LogP contribution in [0.3, 0.4) is 0 Å². The minimum absolute atomic E-state index is 0.0950. The number of unbranched alkanes of at least 4 members (excludes halogenated alkanes) is 1. The van der Waals surface area contributed by atoms with E-state index in [0.717, 1.165) is 25.2 Å². The van der Waals surface area contributed by atoms with Crippen LogP contribution < -0.4 is 4.90 Å². The zero-order valence-electron chi connectivity index (χ0n) is 9.63. The SMILES string of the molecule is CCCCN(CCO)c1cnc(CO)cn1. The van der Waals surface area contributed by atoms with E-state index in [1.54, 1.807) is 12.4 Å². The smallest absolute Gasteiger partial charge is 0.147 e. The second kappa shape index (κ2) is 7.14. The number of aliphatic hydroxyl groups excluding tert-OH is 2. The summed E-state index contributed by atoms with van der Waals surface area (Å²) in [7, 11) is 0. The van der Waals surface area contributed by atoms with Crippen molar-refractivity contribution in [2.24, 2.45) is 0 Å². The fourth-order valence-corrected chi connectivity index (χ4v) is 1.40. The molecule has 1 aromatic heterocycles. The Morgan fingerprint density at radius 1 is 1.19 bits per heavy atom. The Hall–Kier alpha value is -1.20. The number of rotatable bonds is 7. The van der Waals surface area contributed by atoms with E-state index < -0.39 is 0 Å². The monoisotopic (exact) mass is 225 g/mol. The molecule has 0 radical (unpaired) electrons. The van der Waals surface area contributed by atoms with Crippen LogP contribution in [0.4, 0.5) is 5.82 Å². The molecule has 5 nitrogen and oxygen atoms in total. The molecule has 0 bridgehead atoms. The summed E-state index contributed by atoms with van der Waals surface area (Å²) in [5, 5.41) is 17.8. The quantitative estimate of drug-likeness (QED) is 0.710. The maximum Gasteiger partial charge on any atom is 0.147 e. The highest BCUT2D eigenvalue weighted by molar-refractivity contribution is 5.35. The normalized spacial score (nSPS) is 10.4. The van der Waals surface area contributed by atoms with Gasteiger partial charge in [0.25, 0.3) is 0 Å². The van der Waals surface area contributed by atoms with Crippen LogP contribution in [0.2, 0.25) is 0 Å². The summed E-state index contributed by atoms with van der Waals surface area (Å²) in [5.74, 6) is 0.750. The summed E-state index contributed by atoms with van der Waals surface area (Å²) in [4.78, 5) is 10.3. The number of hydrogen-bond donors (Lipinski definition) is 2. The third kappa shape index (κ3) is 3.75. The van der Waals surface area contributed by atoms with Crippen LogP contribution in [0.25, 0.3) is 0 Å². The molecule has 0 aromatic carbocycles. The number of nitrogens with zero attached hydrogens (tertiary/aromatic N) is 3. The summed E-state index contributed by atoms with van der Waals surface area (Å²) in [6, 6.07) is 0. The second-order valence-corrected chi connectivity index (χ2v) is 3.59. The predicted octanol–water partition coefficient (Wildman–Crippen LogP) is 0.568. The third-order valence-electron chi connectivity index (χ3n) is 2.33. The minimum Gasteiger partial charge on any atom is -0.395 e. The van der Waals surface area contributed by atoms with E-state index >= 15 is 0 Å². The average molecular weight is 225 g/mol. The Morgan fingerprint density at radius 2 is 2.00 bits per heavy atom. The Kier molecular flexibility index (Phi) is 5.74. The first kappa shape index (κ1) is 12.9. The lowest BCUT2D eigenvalue weighted by Crippen LogP contribution is -2.28. The van der Waals surface area contributed by atoms with E-state index in [2.05, 4.69) is 16.9 Å². The Morgan fingerprint density at radius 3 is 2.50 bits per heavy atom. The molecule has 1 heterocycles. The van der Waals surface area contributed by atoms with Gasteiger partial charge in [-0.05, 0) is 6.42 Å². The summed E-state index contributed by atoms with van der Waals surface area (Å²) < 4.78 is 0. The Balaban J connectivity index is 2.67. The van der Waals surface area contributed by atoms with Gasteiger partial charge in [0.15, 0.2) is 0 Å². The first-order valence-electron chi connectivity index (χ1n) is 5.59. The minimum atomic E-state index is -0.0950. The largest absolute Gasteiger partial charge is 0.395 e. The predicted molar refractivity (Wildman–Crippen MR) is 62.2 cm³/mol. The fraction of sp³-hybridized carbons (Fsp3) is 0.636. The molecule has 2 N–H and O–H groups in total. The van der Waals surface area contributed by atoms with Gasteiger partial charge in [0.2, 0.25) is 0 Å². The molecule has 0 amide bonds. The van der Waals surface area contributed by atoms with Crippen molar-refractivity contribution in [3.63, 3.8) is 0 Å². The van der Waals surface area contributed by atoms with Crippen molar-refractivity contribution in [1.29, 1.82) is 0 Å². The van der Waals surface area contributed by atoms with Crippen molar-refractivity contribution in [2.45, 2.75) is 26.4 Å². The molecule has 1 rings (SSSR count). The Labute approximate surface area is 95.8 Å². The highest BCUT2D eigenvalue weighted by Crippen LogP contribution is 2.09. The van der Waals surface area contributed by atoms with E-state index in [1.165, 1.54) is 0 Å². The highest BCUT2D eigenvalue weighted by atomic mass is 16.3. The fourth-order valence-electron chi connectivity index (χ4n) is 1.40. The van der Waals surface area contributed by atoms with Crippen molar-refractivity contribution in [2.75, 3.05) is 24.6 Å². The molecule has 16 heavy (non-hydrogen) atoms. The van der Waals surface area contributed by atoms with E-state index in [1.807, 2.05) is 4.90 Å². The van der Waals surface area contributed by atoms with Crippen LogP contribution in [-0.2, 0) is 6.61 Å². The van der Waals surface area contributed by atoms with Crippen LogP contribution in [0.5, 0.6) is 0 Å². The molecular formula is C11H19N3O2. The third-order valence-corrected chi connectivity index (χ3v) is 2.33. The number of anilines is 1. The van der Waals surface area contributed by atoms with Crippen molar-refractivity contribution < 1.29 is 10.2 Å². The van der Waals surface area contributed by atoms with Crippen molar-refractivity contribution in [3.8, 4) is 0 Å². The van der Waals surface area contributed by atoms with Crippen LogP contribution in [-0.4, -0.2) is 39.9 Å². The lowest BCUT2D eigenvalue weighted by Gasteiger charge is -2.22. The maximum absolute atomic E-state index is 8.97. The van der Waals surface area contributed by atoms with Crippen molar-refractivity contribution >= 4 is 5.82 Å². The summed E-state index contributed by atoms with van der Waals surface area (Å²) in [6.45, 7) is 3.56. The zero-order valence-corrected chi connectivity index (χ0v) is 9.63. The van der Waals surface area contributed by atoms with Gasteiger partial charge in [-0.2, -0.15) is 0 Å². The molecule has 0 aliphatic heterocycles. The molecule has 0 aliphatic carbocycles. The molecule has 90 valence electrons. The summed E-state index contributed by atoms with van der Waals surface area (Å²) >= 11 is 0. The molecule has 5 heteroatoms. The Bertz CT molecular complexity index is 290. The van der Waals surface area contributed by atoms with Gasteiger partial charge < -0.3 is 15.1 Å². The lowest BCUT2D eigenvalue weighted by molar-refractivity contribution is 0.276. The van der Waals surface area contributed by atoms with Crippen LogP contribution in [0.15, 0.2) is 12.4 Å². The molecule has 0 atom stereocenters. The van der Waals surface area contributed by atoms with E-state index in [9.17, 15) is 0 Å². The topological polar surface area (TPSA) is 69.5 Å². The van der Waals surface area contributed by atoms with Crippen molar-refractivity contribution in [3.05, 3.63) is 18.1 Å². The van der Waals surface area contributed by atoms with E-state index in [-0.39, 0.29) is 13.2 Å². The first-order chi connectivity index (χ1) is 7.81.